The Morgan fingerprint density at radius 2 is 1.63 bits per heavy atom. The van der Waals surface area contributed by atoms with Crippen molar-refractivity contribution in [2.24, 2.45) is 0 Å². The van der Waals surface area contributed by atoms with Gasteiger partial charge in [0.05, 0.1) is 12.6 Å². The number of benzene rings is 1. The molecule has 0 aromatic heterocycles. The van der Waals surface area contributed by atoms with E-state index in [-0.39, 0.29) is 18.3 Å². The van der Waals surface area contributed by atoms with Crippen LogP contribution in [0.3, 0.4) is 0 Å². The number of esters is 2. The standard InChI is InChI=1S/C26H41NO7Si/c1-19(28)33-22(15-16-23(29)34-25(2,3)4)21(18-32-35(8,9)26(5,6)7)27-24(30)31-17-20-13-11-10-12-14-20/h10-16,21-22H,17-18H2,1-9H3,(H,27,30)/b16-15+/t21-,22-/m1/s1. The Balaban J connectivity index is 3.09. The van der Waals surface area contributed by atoms with Crippen LogP contribution in [0.4, 0.5) is 4.79 Å². The fourth-order valence-electron chi connectivity index (χ4n) is 2.61. The molecule has 0 aliphatic carbocycles. The summed E-state index contributed by atoms with van der Waals surface area (Å²) in [5.74, 6) is -1.16. The number of hydrogen-bond acceptors (Lipinski definition) is 7. The van der Waals surface area contributed by atoms with Crippen molar-refractivity contribution in [3.05, 3.63) is 48.0 Å². The first kappa shape index (κ1) is 30.4. The van der Waals surface area contributed by atoms with E-state index in [1.165, 1.54) is 19.1 Å². The summed E-state index contributed by atoms with van der Waals surface area (Å²) < 4.78 is 22.4. The quantitative estimate of drug-likeness (QED) is 0.203. The van der Waals surface area contributed by atoms with Gasteiger partial charge in [0.25, 0.3) is 0 Å². The SMILES string of the molecule is CC(=O)O[C@H](/C=C/C(=O)OC(C)(C)C)[C@@H](CO[Si](C)(C)C(C)(C)C)NC(=O)OCc1ccccc1. The Hall–Kier alpha value is -2.65. The molecule has 9 heteroatoms. The van der Waals surface area contributed by atoms with Crippen molar-refractivity contribution in [2.75, 3.05) is 6.61 Å². The van der Waals surface area contributed by atoms with Crippen molar-refractivity contribution in [1.82, 2.24) is 5.32 Å². The number of rotatable bonds is 10. The lowest BCUT2D eigenvalue weighted by Gasteiger charge is -2.38. The Kier molecular flexibility index (Phi) is 11.2. The first-order valence-electron chi connectivity index (χ1n) is 11.7. The Morgan fingerprint density at radius 3 is 2.14 bits per heavy atom. The lowest BCUT2D eigenvalue weighted by molar-refractivity contribution is -0.149. The van der Waals surface area contributed by atoms with Crippen LogP contribution in [0.25, 0.3) is 0 Å². The average Bonchev–Trinajstić information content (AvgIpc) is 2.71. The zero-order valence-corrected chi connectivity index (χ0v) is 23.5. The van der Waals surface area contributed by atoms with Crippen LogP contribution in [0.15, 0.2) is 42.5 Å². The molecule has 0 radical (unpaired) electrons. The van der Waals surface area contributed by atoms with Gasteiger partial charge in [0.2, 0.25) is 0 Å². The molecule has 1 N–H and O–H groups in total. The van der Waals surface area contributed by atoms with Crippen LogP contribution >= 0.6 is 0 Å². The first-order chi connectivity index (χ1) is 16.0. The van der Waals surface area contributed by atoms with E-state index >= 15 is 0 Å². The van der Waals surface area contributed by atoms with Crippen LogP contribution in [-0.4, -0.2) is 50.7 Å². The van der Waals surface area contributed by atoms with E-state index in [0.717, 1.165) is 5.56 Å². The van der Waals surface area contributed by atoms with E-state index in [4.69, 9.17) is 18.6 Å². The van der Waals surface area contributed by atoms with Crippen LogP contribution in [0.5, 0.6) is 0 Å². The normalized spacial score (nSPS) is 14.2. The van der Waals surface area contributed by atoms with E-state index in [2.05, 4.69) is 39.2 Å². The number of carbonyl (C=O) groups is 3. The van der Waals surface area contributed by atoms with Gasteiger partial charge in [-0.3, -0.25) is 4.79 Å². The van der Waals surface area contributed by atoms with Gasteiger partial charge in [-0.05, 0) is 50.5 Å². The third-order valence-electron chi connectivity index (χ3n) is 5.47. The van der Waals surface area contributed by atoms with E-state index in [1.807, 2.05) is 30.3 Å². The van der Waals surface area contributed by atoms with Gasteiger partial charge in [0.15, 0.2) is 8.32 Å². The fraction of sp³-hybridized carbons (Fsp3) is 0.577. The molecule has 0 bridgehead atoms. The molecule has 0 spiro atoms. The first-order valence-corrected chi connectivity index (χ1v) is 14.6. The molecule has 2 atom stereocenters. The minimum Gasteiger partial charge on any atom is -0.457 e. The zero-order valence-electron chi connectivity index (χ0n) is 22.5. The summed E-state index contributed by atoms with van der Waals surface area (Å²) in [4.78, 5) is 36.7. The van der Waals surface area contributed by atoms with Gasteiger partial charge in [-0.25, -0.2) is 9.59 Å². The van der Waals surface area contributed by atoms with Crippen LogP contribution in [-0.2, 0) is 34.8 Å². The van der Waals surface area contributed by atoms with Crippen LogP contribution in [0.2, 0.25) is 18.1 Å². The maximum atomic E-state index is 12.6. The van der Waals surface area contributed by atoms with Crippen molar-refractivity contribution in [3.63, 3.8) is 0 Å². The zero-order chi connectivity index (χ0) is 26.9. The summed E-state index contributed by atoms with van der Waals surface area (Å²) >= 11 is 0. The third kappa shape index (κ3) is 12.0. The molecule has 0 saturated heterocycles. The molecular formula is C26H41NO7Si. The molecule has 1 aromatic carbocycles. The minimum atomic E-state index is -2.20. The van der Waals surface area contributed by atoms with Gasteiger partial charge >= 0.3 is 18.0 Å². The van der Waals surface area contributed by atoms with Gasteiger partial charge in [-0.1, -0.05) is 51.1 Å². The number of nitrogens with one attached hydrogen (secondary N) is 1. The van der Waals surface area contributed by atoms with Crippen molar-refractivity contribution < 1.29 is 33.0 Å². The van der Waals surface area contributed by atoms with Crippen molar-refractivity contribution >= 4 is 26.3 Å². The second-order valence-corrected chi connectivity index (χ2v) is 15.7. The summed E-state index contributed by atoms with van der Waals surface area (Å²) in [5, 5.41) is 2.67. The summed E-state index contributed by atoms with van der Waals surface area (Å²) in [7, 11) is -2.20. The number of amides is 1. The maximum absolute atomic E-state index is 12.6. The minimum absolute atomic E-state index is 0.0630. The highest BCUT2D eigenvalue weighted by atomic mass is 28.4. The largest absolute Gasteiger partial charge is 0.457 e. The van der Waals surface area contributed by atoms with Crippen LogP contribution < -0.4 is 5.32 Å². The summed E-state index contributed by atoms with van der Waals surface area (Å²) in [5.41, 5.74) is 0.154. The third-order valence-corrected chi connectivity index (χ3v) is 9.97. The second kappa shape index (κ2) is 12.9. The Bertz CT molecular complexity index is 870. The van der Waals surface area contributed by atoms with Crippen LogP contribution in [0, 0.1) is 0 Å². The molecule has 0 unspecified atom stereocenters. The predicted octanol–water partition coefficient (Wildman–Crippen LogP) is 5.13. The molecule has 0 aliphatic rings. The second-order valence-electron chi connectivity index (χ2n) is 10.9. The summed E-state index contributed by atoms with van der Waals surface area (Å²) in [6, 6.07) is 8.47. The van der Waals surface area contributed by atoms with Crippen molar-refractivity contribution in [2.45, 2.75) is 91.0 Å². The fourth-order valence-corrected chi connectivity index (χ4v) is 3.64. The smallest absolute Gasteiger partial charge is 0.407 e. The predicted molar refractivity (Wildman–Crippen MR) is 137 cm³/mol. The van der Waals surface area contributed by atoms with Gasteiger partial charge in [0.1, 0.15) is 18.3 Å². The average molecular weight is 508 g/mol. The van der Waals surface area contributed by atoms with Crippen molar-refractivity contribution in [3.8, 4) is 0 Å². The molecular weight excluding hydrogens is 466 g/mol. The van der Waals surface area contributed by atoms with E-state index in [9.17, 15) is 14.4 Å². The molecule has 35 heavy (non-hydrogen) atoms. The number of hydrogen-bond donors (Lipinski definition) is 1. The van der Waals surface area contributed by atoms with E-state index < -0.39 is 44.1 Å². The van der Waals surface area contributed by atoms with Gasteiger partial charge in [0, 0.05) is 13.0 Å². The van der Waals surface area contributed by atoms with E-state index in [1.54, 1.807) is 20.8 Å². The number of ether oxygens (including phenoxy) is 3. The Morgan fingerprint density at radius 1 is 1.03 bits per heavy atom. The highest BCUT2D eigenvalue weighted by Crippen LogP contribution is 2.36. The molecule has 196 valence electrons. The monoisotopic (exact) mass is 507 g/mol. The topological polar surface area (TPSA) is 100 Å². The van der Waals surface area contributed by atoms with Gasteiger partial charge in [-0.2, -0.15) is 0 Å². The molecule has 1 amide bonds. The molecule has 8 nitrogen and oxygen atoms in total. The summed E-state index contributed by atoms with van der Waals surface area (Å²) in [6.07, 6.45) is 0.913. The molecule has 1 aromatic rings. The number of alkyl carbamates (subject to hydrolysis) is 1. The lowest BCUT2D eigenvalue weighted by atomic mass is 10.1. The molecule has 0 saturated carbocycles. The highest BCUT2D eigenvalue weighted by Gasteiger charge is 2.39. The molecule has 0 aliphatic heterocycles. The van der Waals surface area contributed by atoms with E-state index in [0.29, 0.717) is 0 Å². The van der Waals surface area contributed by atoms with Crippen molar-refractivity contribution in [1.29, 1.82) is 0 Å². The highest BCUT2D eigenvalue weighted by molar-refractivity contribution is 6.74. The maximum Gasteiger partial charge on any atom is 0.407 e. The Labute approximate surface area is 210 Å². The number of carbonyl (C=O) groups excluding carboxylic acids is 3. The van der Waals surface area contributed by atoms with Crippen LogP contribution in [0.1, 0.15) is 54.0 Å². The van der Waals surface area contributed by atoms with Gasteiger partial charge in [-0.15, -0.1) is 0 Å². The molecule has 0 heterocycles. The molecule has 1 rings (SSSR count). The molecule has 0 fully saturated rings. The van der Waals surface area contributed by atoms with Gasteiger partial charge < -0.3 is 24.0 Å². The summed E-state index contributed by atoms with van der Waals surface area (Å²) in [6.45, 7) is 17.1. The lowest BCUT2D eigenvalue weighted by Crippen LogP contribution is -2.51.